The van der Waals surface area contributed by atoms with Crippen LogP contribution in [0.15, 0.2) is 48.7 Å². The van der Waals surface area contributed by atoms with Gasteiger partial charge >= 0.3 is 0 Å². The summed E-state index contributed by atoms with van der Waals surface area (Å²) >= 11 is 0. The zero-order chi connectivity index (χ0) is 14.7. The van der Waals surface area contributed by atoms with E-state index in [0.29, 0.717) is 0 Å². The molecule has 0 aliphatic carbocycles. The lowest BCUT2D eigenvalue weighted by Gasteiger charge is -2.11. The molecule has 0 bridgehead atoms. The maximum Gasteiger partial charge on any atom is 0.261 e. The summed E-state index contributed by atoms with van der Waals surface area (Å²) < 4.78 is 1.94. The SMILES string of the molecule is CN(C)CCCNc1c2ccccc2n[n+]2ccccc12. The molecule has 4 nitrogen and oxygen atoms in total. The number of pyridine rings is 1. The highest BCUT2D eigenvalue weighted by molar-refractivity contribution is 5.96. The van der Waals surface area contributed by atoms with Crippen LogP contribution >= 0.6 is 0 Å². The van der Waals surface area contributed by atoms with Crippen LogP contribution in [0, 0.1) is 0 Å². The van der Waals surface area contributed by atoms with Gasteiger partial charge in [0, 0.05) is 29.2 Å². The third kappa shape index (κ3) is 2.95. The predicted octanol–water partition coefficient (Wildman–Crippen LogP) is 2.34. The molecule has 0 radical (unpaired) electrons. The summed E-state index contributed by atoms with van der Waals surface area (Å²) in [6.07, 6.45) is 3.11. The first-order chi connectivity index (χ1) is 10.3. The lowest BCUT2D eigenvalue weighted by molar-refractivity contribution is -0.577. The molecule has 0 unspecified atom stereocenters. The van der Waals surface area contributed by atoms with Gasteiger partial charge in [0.05, 0.1) is 0 Å². The molecule has 2 heterocycles. The van der Waals surface area contributed by atoms with Gasteiger partial charge < -0.3 is 10.2 Å². The third-order valence-corrected chi connectivity index (χ3v) is 3.57. The predicted molar refractivity (Wildman–Crippen MR) is 86.6 cm³/mol. The monoisotopic (exact) mass is 281 g/mol. The minimum atomic E-state index is 0.955. The van der Waals surface area contributed by atoms with E-state index in [-0.39, 0.29) is 0 Å². The number of nitrogens with zero attached hydrogens (tertiary/aromatic N) is 3. The van der Waals surface area contributed by atoms with Crippen molar-refractivity contribution in [2.45, 2.75) is 6.42 Å². The Morgan fingerprint density at radius 2 is 1.90 bits per heavy atom. The van der Waals surface area contributed by atoms with Crippen LogP contribution in [0.4, 0.5) is 5.69 Å². The maximum absolute atomic E-state index is 4.66. The molecule has 1 N–H and O–H groups in total. The molecule has 108 valence electrons. The van der Waals surface area contributed by atoms with Crippen molar-refractivity contribution in [3.63, 3.8) is 0 Å². The molecule has 21 heavy (non-hydrogen) atoms. The van der Waals surface area contributed by atoms with Gasteiger partial charge in [0.25, 0.3) is 5.52 Å². The van der Waals surface area contributed by atoms with Crippen molar-refractivity contribution in [2.24, 2.45) is 0 Å². The summed E-state index contributed by atoms with van der Waals surface area (Å²) in [6, 6.07) is 14.4. The Hall–Kier alpha value is -2.20. The van der Waals surface area contributed by atoms with E-state index in [0.717, 1.165) is 30.5 Å². The van der Waals surface area contributed by atoms with Crippen LogP contribution in [-0.2, 0) is 0 Å². The Morgan fingerprint density at radius 3 is 2.76 bits per heavy atom. The van der Waals surface area contributed by atoms with Gasteiger partial charge in [-0.1, -0.05) is 18.2 Å². The highest BCUT2D eigenvalue weighted by Crippen LogP contribution is 2.23. The fourth-order valence-corrected chi connectivity index (χ4v) is 2.54. The number of benzene rings is 1. The van der Waals surface area contributed by atoms with Crippen molar-refractivity contribution in [3.8, 4) is 0 Å². The molecule has 0 fully saturated rings. The Labute approximate surface area is 125 Å². The van der Waals surface area contributed by atoms with Crippen LogP contribution in [0.5, 0.6) is 0 Å². The van der Waals surface area contributed by atoms with Crippen molar-refractivity contribution in [2.75, 3.05) is 32.5 Å². The average molecular weight is 281 g/mol. The normalized spacial score (nSPS) is 11.4. The highest BCUT2D eigenvalue weighted by atomic mass is 15.2. The van der Waals surface area contributed by atoms with Crippen molar-refractivity contribution >= 4 is 22.1 Å². The molecule has 0 spiro atoms. The fourth-order valence-electron chi connectivity index (χ4n) is 2.54. The van der Waals surface area contributed by atoms with Crippen molar-refractivity contribution in [1.82, 2.24) is 10.00 Å². The van der Waals surface area contributed by atoms with Gasteiger partial charge in [-0.15, -0.1) is 0 Å². The molecule has 3 aromatic rings. The van der Waals surface area contributed by atoms with E-state index in [4.69, 9.17) is 0 Å². The number of fused-ring (bicyclic) bond motifs is 2. The van der Waals surface area contributed by atoms with Crippen LogP contribution in [0.3, 0.4) is 0 Å². The van der Waals surface area contributed by atoms with Crippen LogP contribution in [0.2, 0.25) is 0 Å². The minimum Gasteiger partial charge on any atom is -0.379 e. The second kappa shape index (κ2) is 6.06. The summed E-state index contributed by atoms with van der Waals surface area (Å²) in [5.74, 6) is 0. The second-order valence-electron chi connectivity index (χ2n) is 5.51. The van der Waals surface area contributed by atoms with Crippen LogP contribution in [-0.4, -0.2) is 37.2 Å². The van der Waals surface area contributed by atoms with Gasteiger partial charge in [0.1, 0.15) is 11.2 Å². The third-order valence-electron chi connectivity index (χ3n) is 3.57. The molecule has 3 rings (SSSR count). The highest BCUT2D eigenvalue weighted by Gasteiger charge is 2.14. The smallest absolute Gasteiger partial charge is 0.261 e. The molecule has 0 saturated heterocycles. The number of rotatable bonds is 5. The Kier molecular flexibility index (Phi) is 3.97. The standard InChI is InChI=1S/C17H21N4/c1-20(2)12-7-11-18-17-14-8-3-4-9-15(14)19-21-13-6-5-10-16(17)21/h3-6,8-10,13H,7,11-12H2,1-2H3,(H,18,19)/q+1. The van der Waals surface area contributed by atoms with Gasteiger partial charge in [-0.25, -0.2) is 0 Å². The van der Waals surface area contributed by atoms with E-state index in [1.807, 2.05) is 22.8 Å². The number of anilines is 1. The first kappa shape index (κ1) is 13.8. The molecule has 2 aromatic heterocycles. The molecular weight excluding hydrogens is 260 g/mol. The lowest BCUT2D eigenvalue weighted by atomic mass is 10.1. The van der Waals surface area contributed by atoms with E-state index in [1.165, 1.54) is 11.1 Å². The van der Waals surface area contributed by atoms with E-state index < -0.39 is 0 Å². The lowest BCUT2D eigenvalue weighted by Crippen LogP contribution is -2.27. The van der Waals surface area contributed by atoms with Gasteiger partial charge in [0.15, 0.2) is 0 Å². The van der Waals surface area contributed by atoms with Crippen molar-refractivity contribution in [3.05, 3.63) is 48.7 Å². The summed E-state index contributed by atoms with van der Waals surface area (Å²) in [5, 5.41) is 9.44. The van der Waals surface area contributed by atoms with E-state index in [9.17, 15) is 0 Å². The van der Waals surface area contributed by atoms with Crippen LogP contribution < -0.4 is 9.83 Å². The molecule has 0 atom stereocenters. The number of aromatic nitrogens is 2. The van der Waals surface area contributed by atoms with Crippen LogP contribution in [0.1, 0.15) is 6.42 Å². The Bertz CT molecular complexity index is 698. The van der Waals surface area contributed by atoms with Gasteiger partial charge in [-0.2, -0.15) is 0 Å². The van der Waals surface area contributed by atoms with E-state index in [2.05, 4.69) is 59.7 Å². The summed E-state index contributed by atoms with van der Waals surface area (Å²) in [7, 11) is 4.21. The Morgan fingerprint density at radius 1 is 1.10 bits per heavy atom. The molecule has 0 aliphatic rings. The molecule has 0 amide bonds. The largest absolute Gasteiger partial charge is 0.379 e. The number of nitrogens with one attached hydrogen (secondary N) is 1. The molecular formula is C17H21N4+. The van der Waals surface area contributed by atoms with Gasteiger partial charge in [0.2, 0.25) is 6.20 Å². The molecule has 1 aromatic carbocycles. The Balaban J connectivity index is 1.99. The number of hydrogen-bond acceptors (Lipinski definition) is 3. The summed E-state index contributed by atoms with van der Waals surface area (Å²) in [5.41, 5.74) is 3.29. The van der Waals surface area contributed by atoms with Gasteiger partial charge in [-0.05, 0) is 43.7 Å². The zero-order valence-electron chi connectivity index (χ0n) is 12.6. The fraction of sp³-hybridized carbons (Fsp3) is 0.294. The zero-order valence-corrected chi connectivity index (χ0v) is 12.6. The van der Waals surface area contributed by atoms with Gasteiger partial charge in [-0.3, -0.25) is 0 Å². The number of hydrogen-bond donors (Lipinski definition) is 1. The molecule has 0 aliphatic heterocycles. The topological polar surface area (TPSA) is 32.3 Å². The van der Waals surface area contributed by atoms with Crippen LogP contribution in [0.25, 0.3) is 16.4 Å². The minimum absolute atomic E-state index is 0.955. The molecule has 0 saturated carbocycles. The van der Waals surface area contributed by atoms with E-state index >= 15 is 0 Å². The van der Waals surface area contributed by atoms with Crippen molar-refractivity contribution in [1.29, 1.82) is 0 Å². The van der Waals surface area contributed by atoms with Crippen molar-refractivity contribution < 1.29 is 4.52 Å². The molecule has 4 heteroatoms. The maximum atomic E-state index is 4.66. The quantitative estimate of drug-likeness (QED) is 0.442. The van der Waals surface area contributed by atoms with E-state index in [1.54, 1.807) is 0 Å². The first-order valence-corrected chi connectivity index (χ1v) is 7.34. The first-order valence-electron chi connectivity index (χ1n) is 7.34. The average Bonchev–Trinajstić information content (AvgIpc) is 2.50. The second-order valence-corrected chi connectivity index (χ2v) is 5.51. The summed E-state index contributed by atoms with van der Waals surface area (Å²) in [4.78, 5) is 2.21. The summed E-state index contributed by atoms with van der Waals surface area (Å²) in [6.45, 7) is 2.04.